The van der Waals surface area contributed by atoms with Gasteiger partial charge in [-0.1, -0.05) is 0 Å². The average Bonchev–Trinajstić information content (AvgIpc) is 3.34. The van der Waals surface area contributed by atoms with Gasteiger partial charge in [0, 0.05) is 0 Å². The van der Waals surface area contributed by atoms with Gasteiger partial charge in [0.25, 0.3) is 0 Å². The van der Waals surface area contributed by atoms with E-state index in [0.29, 0.717) is 0 Å². The molecule has 0 aromatic heterocycles. The first-order chi connectivity index (χ1) is 32.3. The van der Waals surface area contributed by atoms with Crippen molar-refractivity contribution in [2.75, 3.05) is 12.3 Å². The normalized spacial score (nSPS) is 13.3. The van der Waals surface area contributed by atoms with Gasteiger partial charge in [0.2, 0.25) is 0 Å². The van der Waals surface area contributed by atoms with Crippen LogP contribution in [0.3, 0.4) is 0 Å². The maximum absolute atomic E-state index is 16.7. The van der Waals surface area contributed by atoms with Crippen LogP contribution in [0.2, 0.25) is 0 Å². The standard InChI is InChI=1S/C50H37BF12O3P2/c52-45(47(54)55)34-67(39-19-7-1-8-20-39,40-21-9-2-10-22-40,41-23-11-3-12-24-41)65-51(64-38-32-36(49(58,59)60)31-37(33-38)50(61,62)63)66-68(35-46(53)48(56)57,42-25-13-4-14-26-42,43-27-15-5-16-28-43)44-29-17-6-18-30-44/h1-33H,34-35H2. The zero-order valence-electron chi connectivity index (χ0n) is 35.2. The SMILES string of the molecule is FC(F)=C(F)CP(OB(Oc1cc(C(F)(F)F)cc(C(F)(F)F)c1)OP(CC(F)=C(F)F)(c1ccccc1)(c1ccccc1)c1ccccc1)(c1ccccc1)(c1ccccc1)c1ccccc1. The second kappa shape index (κ2) is 19.4. The van der Waals surface area contributed by atoms with Crippen molar-refractivity contribution >= 4 is 52.8 Å². The van der Waals surface area contributed by atoms with E-state index in [1.165, 1.54) is 182 Å². The Hall–Kier alpha value is -6.18. The first kappa shape index (κ1) is 49.7. The zero-order valence-corrected chi connectivity index (χ0v) is 37.0. The third-order valence-corrected chi connectivity index (χ3v) is 22.9. The molecule has 7 rings (SSSR count). The van der Waals surface area contributed by atoms with E-state index in [-0.39, 0.29) is 50.0 Å². The van der Waals surface area contributed by atoms with Crippen LogP contribution in [0.5, 0.6) is 5.75 Å². The van der Waals surface area contributed by atoms with E-state index in [1.807, 2.05) is 0 Å². The molecule has 0 heterocycles. The van der Waals surface area contributed by atoms with Gasteiger partial charge in [-0.2, -0.15) is 0 Å². The van der Waals surface area contributed by atoms with Crippen molar-refractivity contribution in [2.24, 2.45) is 0 Å². The fourth-order valence-electron chi connectivity index (χ4n) is 8.54. The molecule has 7 aromatic rings. The van der Waals surface area contributed by atoms with Gasteiger partial charge in [0.15, 0.2) is 0 Å². The molecule has 0 radical (unpaired) electrons. The second-order valence-electron chi connectivity index (χ2n) is 15.4. The summed E-state index contributed by atoms with van der Waals surface area (Å²) in [6.07, 6.45) is -19.2. The van der Waals surface area contributed by atoms with Crippen molar-refractivity contribution in [2.45, 2.75) is 12.4 Å². The molecular weight excluding hydrogens is 949 g/mol. The van der Waals surface area contributed by atoms with Crippen molar-refractivity contribution < 1.29 is 66.2 Å². The quantitative estimate of drug-likeness (QED) is 0.0549. The van der Waals surface area contributed by atoms with Gasteiger partial charge < -0.3 is 0 Å². The Morgan fingerprint density at radius 2 is 0.603 bits per heavy atom. The number of rotatable bonds is 16. The molecule has 0 unspecified atom stereocenters. The third kappa shape index (κ3) is 9.22. The predicted molar refractivity (Wildman–Crippen MR) is 246 cm³/mol. The molecule has 0 saturated carbocycles. The van der Waals surface area contributed by atoms with Gasteiger partial charge in [-0.15, -0.1) is 0 Å². The van der Waals surface area contributed by atoms with E-state index in [4.69, 9.17) is 13.5 Å². The fourth-order valence-corrected chi connectivity index (χ4v) is 19.4. The Morgan fingerprint density at radius 1 is 0.368 bits per heavy atom. The van der Waals surface area contributed by atoms with Gasteiger partial charge >= 0.3 is 385 Å². The molecule has 3 nitrogen and oxygen atoms in total. The Morgan fingerprint density at radius 3 is 0.809 bits per heavy atom. The summed E-state index contributed by atoms with van der Waals surface area (Å²) in [5, 5.41) is -0.223. The summed E-state index contributed by atoms with van der Waals surface area (Å²) in [4.78, 5) is 0. The fraction of sp³-hybridized carbons (Fsp3) is 0.0800. The molecule has 0 fully saturated rings. The summed E-state index contributed by atoms with van der Waals surface area (Å²) < 4.78 is 202. The topological polar surface area (TPSA) is 27.7 Å². The van der Waals surface area contributed by atoms with E-state index in [1.54, 1.807) is 0 Å². The maximum atomic E-state index is 16.7. The Bertz CT molecular complexity index is 2490. The van der Waals surface area contributed by atoms with Gasteiger partial charge in [-0.25, -0.2) is 0 Å². The number of benzene rings is 7. The van der Waals surface area contributed by atoms with Crippen LogP contribution in [0.1, 0.15) is 11.1 Å². The van der Waals surface area contributed by atoms with Crippen LogP contribution in [0.4, 0.5) is 52.7 Å². The monoisotopic (exact) mass is 986 g/mol. The van der Waals surface area contributed by atoms with E-state index in [2.05, 4.69) is 0 Å². The van der Waals surface area contributed by atoms with Crippen molar-refractivity contribution in [1.82, 2.24) is 0 Å². The molecule has 0 aliphatic heterocycles. The number of hydrogen-bond donors (Lipinski definition) is 0. The van der Waals surface area contributed by atoms with E-state index >= 15 is 8.78 Å². The first-order valence-corrected chi connectivity index (χ1v) is 25.1. The summed E-state index contributed by atoms with van der Waals surface area (Å²) in [7, 11) is -2.85. The first-order valence-electron chi connectivity index (χ1n) is 20.4. The summed E-state index contributed by atoms with van der Waals surface area (Å²) in [5.74, 6) is -5.32. The van der Waals surface area contributed by atoms with E-state index in [9.17, 15) is 43.9 Å². The zero-order chi connectivity index (χ0) is 48.8. The molecule has 352 valence electrons. The number of alkyl halides is 6. The Labute approximate surface area is 383 Å². The van der Waals surface area contributed by atoms with Crippen LogP contribution >= 0.6 is 13.7 Å². The van der Waals surface area contributed by atoms with Crippen molar-refractivity contribution in [3.63, 3.8) is 0 Å². The number of halogens is 12. The van der Waals surface area contributed by atoms with Crippen molar-refractivity contribution in [1.29, 1.82) is 0 Å². The van der Waals surface area contributed by atoms with Crippen LogP contribution in [-0.2, 0) is 21.2 Å². The minimum absolute atomic E-state index is 0.0372. The van der Waals surface area contributed by atoms with E-state index in [0.717, 1.165) is 0 Å². The minimum atomic E-state index is -5.81. The summed E-state index contributed by atoms with van der Waals surface area (Å²) >= 11 is 0. The molecule has 68 heavy (non-hydrogen) atoms. The molecule has 0 spiro atoms. The van der Waals surface area contributed by atoms with Crippen LogP contribution in [0.25, 0.3) is 0 Å². The molecule has 0 saturated heterocycles. The Kier molecular flexibility index (Phi) is 14.2. The second-order valence-corrected chi connectivity index (χ2v) is 24.4. The van der Waals surface area contributed by atoms with Gasteiger partial charge in [-0.3, -0.25) is 0 Å². The average molecular weight is 987 g/mol. The molecule has 0 amide bonds. The Balaban J connectivity index is 1.73. The molecule has 0 bridgehead atoms. The van der Waals surface area contributed by atoms with Crippen molar-refractivity contribution in [3.8, 4) is 5.75 Å². The molecule has 0 aliphatic carbocycles. The molecule has 0 N–H and O–H groups in total. The van der Waals surface area contributed by atoms with Gasteiger partial charge in [-0.05, 0) is 0 Å². The molecule has 7 aromatic carbocycles. The molecule has 18 heteroatoms. The number of hydrogen-bond acceptors (Lipinski definition) is 3. The van der Waals surface area contributed by atoms with Crippen molar-refractivity contribution in [3.05, 3.63) is 235 Å². The summed E-state index contributed by atoms with van der Waals surface area (Å²) in [6.45, 7) is -11.6. The molecule has 0 aliphatic rings. The van der Waals surface area contributed by atoms with Gasteiger partial charge in [0.05, 0.1) is 0 Å². The van der Waals surface area contributed by atoms with E-state index < -0.39 is 86.3 Å². The van der Waals surface area contributed by atoms with Crippen LogP contribution < -0.4 is 36.5 Å². The summed E-state index contributed by atoms with van der Waals surface area (Å²) in [5.41, 5.74) is -3.72. The van der Waals surface area contributed by atoms with Gasteiger partial charge in [0.1, 0.15) is 0 Å². The van der Waals surface area contributed by atoms with Crippen LogP contribution in [0, 0.1) is 0 Å². The summed E-state index contributed by atoms with van der Waals surface area (Å²) in [6, 6.07) is 43.7. The predicted octanol–water partition coefficient (Wildman–Crippen LogP) is 13.2. The molecular formula is C50H37BF12O3P2. The van der Waals surface area contributed by atoms with Crippen LogP contribution in [-0.4, -0.2) is 19.6 Å². The third-order valence-electron chi connectivity index (χ3n) is 11.5. The molecule has 0 atom stereocenters. The number of allylic oxidation sites excluding steroid dienone is 2. The van der Waals surface area contributed by atoms with Crippen LogP contribution in [0.15, 0.2) is 224 Å².